The van der Waals surface area contributed by atoms with Crippen molar-refractivity contribution in [2.45, 2.75) is 13.0 Å². The van der Waals surface area contributed by atoms with E-state index in [1.807, 2.05) is 18.2 Å². The topological polar surface area (TPSA) is 45.6 Å². The fourth-order valence-corrected chi connectivity index (χ4v) is 2.83. The third kappa shape index (κ3) is 2.77. The number of rotatable bonds is 4. The molecular weight excluding hydrogens is 264 g/mol. The van der Waals surface area contributed by atoms with E-state index in [1.165, 1.54) is 5.57 Å². The highest BCUT2D eigenvalue weighted by Crippen LogP contribution is 2.28. The van der Waals surface area contributed by atoms with Gasteiger partial charge in [-0.15, -0.1) is 0 Å². The molecule has 4 heteroatoms. The van der Waals surface area contributed by atoms with E-state index in [-0.39, 0.29) is 6.61 Å². The summed E-state index contributed by atoms with van der Waals surface area (Å²) in [6.45, 7) is 2.54. The molecule has 1 aromatic carbocycles. The summed E-state index contributed by atoms with van der Waals surface area (Å²) in [7, 11) is 1.73. The fourth-order valence-electron chi connectivity index (χ4n) is 2.83. The molecule has 0 unspecified atom stereocenters. The molecule has 0 spiro atoms. The van der Waals surface area contributed by atoms with Crippen LogP contribution in [-0.2, 0) is 11.3 Å². The first kappa shape index (κ1) is 14.0. The molecule has 4 nitrogen and oxygen atoms in total. The van der Waals surface area contributed by atoms with Crippen LogP contribution in [0.3, 0.4) is 0 Å². The standard InChI is InChI=1S/C17H20N2O2/c1-21-12-13-6-8-19(9-7-13)17-16-5-3-2-4-15(16)14(11-20)10-18-17/h2-6,10,20H,7-9,11-12H2,1H3. The van der Waals surface area contributed by atoms with Crippen molar-refractivity contribution in [1.82, 2.24) is 4.98 Å². The second-order valence-corrected chi connectivity index (χ2v) is 5.30. The predicted octanol–water partition coefficient (Wildman–Crippen LogP) is 2.51. The lowest BCUT2D eigenvalue weighted by molar-refractivity contribution is 0.222. The van der Waals surface area contributed by atoms with Gasteiger partial charge in [-0.2, -0.15) is 0 Å². The van der Waals surface area contributed by atoms with Gasteiger partial charge in [0.2, 0.25) is 0 Å². The first-order valence-corrected chi connectivity index (χ1v) is 7.22. The van der Waals surface area contributed by atoms with E-state index in [0.29, 0.717) is 6.61 Å². The normalized spacial score (nSPS) is 15.3. The molecule has 0 atom stereocenters. The smallest absolute Gasteiger partial charge is 0.136 e. The Labute approximate surface area is 124 Å². The highest BCUT2D eigenvalue weighted by atomic mass is 16.5. The summed E-state index contributed by atoms with van der Waals surface area (Å²) in [5.74, 6) is 0.996. The van der Waals surface area contributed by atoms with Gasteiger partial charge in [0.15, 0.2) is 0 Å². The maximum absolute atomic E-state index is 9.45. The number of benzene rings is 1. The number of aliphatic hydroxyl groups excluding tert-OH is 1. The zero-order valence-corrected chi connectivity index (χ0v) is 12.2. The number of aromatic nitrogens is 1. The Morgan fingerprint density at radius 1 is 1.29 bits per heavy atom. The molecule has 3 rings (SSSR count). The molecule has 0 amide bonds. The third-order valence-corrected chi connectivity index (χ3v) is 3.96. The van der Waals surface area contributed by atoms with E-state index in [4.69, 9.17) is 4.74 Å². The van der Waals surface area contributed by atoms with Gasteiger partial charge in [-0.1, -0.05) is 30.3 Å². The van der Waals surface area contributed by atoms with Gasteiger partial charge in [0.05, 0.1) is 13.2 Å². The average molecular weight is 284 g/mol. The zero-order chi connectivity index (χ0) is 14.7. The lowest BCUT2D eigenvalue weighted by Gasteiger charge is -2.28. The fraction of sp³-hybridized carbons (Fsp3) is 0.353. The highest BCUT2D eigenvalue weighted by Gasteiger charge is 2.16. The van der Waals surface area contributed by atoms with Crippen LogP contribution in [0.2, 0.25) is 0 Å². The molecule has 1 N–H and O–H groups in total. The molecule has 0 saturated heterocycles. The Hall–Kier alpha value is -1.91. The van der Waals surface area contributed by atoms with Crippen molar-refractivity contribution in [2.75, 3.05) is 31.7 Å². The summed E-state index contributed by atoms with van der Waals surface area (Å²) in [5.41, 5.74) is 2.23. The Morgan fingerprint density at radius 2 is 2.10 bits per heavy atom. The lowest BCUT2D eigenvalue weighted by Crippen LogP contribution is -2.30. The van der Waals surface area contributed by atoms with Crippen molar-refractivity contribution in [3.8, 4) is 0 Å². The molecular formula is C17H20N2O2. The van der Waals surface area contributed by atoms with Crippen LogP contribution in [0.5, 0.6) is 0 Å². The van der Waals surface area contributed by atoms with E-state index in [1.54, 1.807) is 13.3 Å². The van der Waals surface area contributed by atoms with Crippen molar-refractivity contribution < 1.29 is 9.84 Å². The zero-order valence-electron chi connectivity index (χ0n) is 12.2. The number of nitrogens with zero attached hydrogens (tertiary/aromatic N) is 2. The maximum Gasteiger partial charge on any atom is 0.136 e. The van der Waals surface area contributed by atoms with E-state index >= 15 is 0 Å². The number of anilines is 1. The van der Waals surface area contributed by atoms with Crippen LogP contribution in [0.4, 0.5) is 5.82 Å². The van der Waals surface area contributed by atoms with Crippen molar-refractivity contribution in [2.24, 2.45) is 0 Å². The summed E-state index contributed by atoms with van der Waals surface area (Å²) in [4.78, 5) is 6.86. The van der Waals surface area contributed by atoms with Crippen LogP contribution < -0.4 is 4.90 Å². The summed E-state index contributed by atoms with van der Waals surface area (Å²) in [6, 6.07) is 8.14. The van der Waals surface area contributed by atoms with Gasteiger partial charge in [0.25, 0.3) is 0 Å². The molecule has 0 bridgehead atoms. The number of methoxy groups -OCH3 is 1. The molecule has 1 aliphatic rings. The first-order chi connectivity index (χ1) is 10.3. The van der Waals surface area contributed by atoms with Crippen LogP contribution in [0.25, 0.3) is 10.8 Å². The van der Waals surface area contributed by atoms with Crippen LogP contribution in [0, 0.1) is 0 Å². The van der Waals surface area contributed by atoms with Crippen LogP contribution in [-0.4, -0.2) is 36.9 Å². The predicted molar refractivity (Wildman–Crippen MR) is 84.5 cm³/mol. The van der Waals surface area contributed by atoms with E-state index in [0.717, 1.165) is 41.7 Å². The lowest BCUT2D eigenvalue weighted by atomic mass is 10.1. The Bertz CT molecular complexity index is 667. The van der Waals surface area contributed by atoms with Gasteiger partial charge < -0.3 is 14.7 Å². The van der Waals surface area contributed by atoms with Crippen LogP contribution in [0.15, 0.2) is 42.1 Å². The minimum Gasteiger partial charge on any atom is -0.392 e. The number of aliphatic hydroxyl groups is 1. The Morgan fingerprint density at radius 3 is 2.76 bits per heavy atom. The number of ether oxygens (including phenoxy) is 1. The highest BCUT2D eigenvalue weighted by molar-refractivity contribution is 5.94. The maximum atomic E-state index is 9.45. The molecule has 0 saturated carbocycles. The summed E-state index contributed by atoms with van der Waals surface area (Å²) in [5, 5.41) is 11.6. The molecule has 0 fully saturated rings. The number of pyridine rings is 1. The number of hydrogen-bond donors (Lipinski definition) is 1. The Balaban J connectivity index is 1.95. The van der Waals surface area contributed by atoms with Crippen LogP contribution >= 0.6 is 0 Å². The largest absolute Gasteiger partial charge is 0.392 e. The number of fused-ring (bicyclic) bond motifs is 1. The van der Waals surface area contributed by atoms with Gasteiger partial charge >= 0.3 is 0 Å². The molecule has 110 valence electrons. The van der Waals surface area contributed by atoms with E-state index < -0.39 is 0 Å². The monoisotopic (exact) mass is 284 g/mol. The van der Waals surface area contributed by atoms with E-state index in [9.17, 15) is 5.11 Å². The molecule has 2 heterocycles. The summed E-state index contributed by atoms with van der Waals surface area (Å²) < 4.78 is 5.19. The Kier molecular flexibility index (Phi) is 4.18. The van der Waals surface area contributed by atoms with Gasteiger partial charge in [0, 0.05) is 37.3 Å². The van der Waals surface area contributed by atoms with Gasteiger partial charge in [-0.05, 0) is 17.4 Å². The van der Waals surface area contributed by atoms with Gasteiger partial charge in [-0.25, -0.2) is 4.98 Å². The minimum absolute atomic E-state index is 0.0195. The second-order valence-electron chi connectivity index (χ2n) is 5.30. The van der Waals surface area contributed by atoms with Crippen molar-refractivity contribution in [3.63, 3.8) is 0 Å². The summed E-state index contributed by atoms with van der Waals surface area (Å²) >= 11 is 0. The van der Waals surface area contributed by atoms with Gasteiger partial charge in [0.1, 0.15) is 5.82 Å². The molecule has 2 aromatic rings. The summed E-state index contributed by atoms with van der Waals surface area (Å²) in [6.07, 6.45) is 5.01. The van der Waals surface area contributed by atoms with Crippen molar-refractivity contribution in [3.05, 3.63) is 47.7 Å². The SMILES string of the molecule is COCC1=CCN(c2ncc(CO)c3ccccc23)CC1. The van der Waals surface area contributed by atoms with Gasteiger partial charge in [-0.3, -0.25) is 0 Å². The van der Waals surface area contributed by atoms with Crippen LogP contribution in [0.1, 0.15) is 12.0 Å². The molecule has 1 aliphatic heterocycles. The first-order valence-electron chi connectivity index (χ1n) is 7.22. The quantitative estimate of drug-likeness (QED) is 0.876. The average Bonchev–Trinajstić information content (AvgIpc) is 2.55. The number of hydrogen-bond acceptors (Lipinski definition) is 4. The van der Waals surface area contributed by atoms with Crippen molar-refractivity contribution >= 4 is 16.6 Å². The molecule has 21 heavy (non-hydrogen) atoms. The van der Waals surface area contributed by atoms with Crippen molar-refractivity contribution in [1.29, 1.82) is 0 Å². The van der Waals surface area contributed by atoms with E-state index in [2.05, 4.69) is 22.0 Å². The minimum atomic E-state index is 0.0195. The molecule has 0 aliphatic carbocycles. The third-order valence-electron chi connectivity index (χ3n) is 3.96. The molecule has 0 radical (unpaired) electrons. The second kappa shape index (κ2) is 6.24. The molecule has 1 aromatic heterocycles.